The number of hydrogen-bond acceptors (Lipinski definition) is 3. The van der Waals surface area contributed by atoms with Gasteiger partial charge < -0.3 is 14.8 Å². The van der Waals surface area contributed by atoms with Crippen LogP contribution in [0.3, 0.4) is 0 Å². The van der Waals surface area contributed by atoms with E-state index in [1.807, 2.05) is 31.2 Å². The Bertz CT molecular complexity index is 400. The minimum absolute atomic E-state index is 0.189. The molecule has 1 fully saturated rings. The van der Waals surface area contributed by atoms with Crippen molar-refractivity contribution in [1.29, 1.82) is 0 Å². The molecular formula is C16H25NO2. The molecule has 1 aliphatic rings. The summed E-state index contributed by atoms with van der Waals surface area (Å²) in [6.45, 7) is 10.4. The molecule has 3 nitrogen and oxygen atoms in total. The second-order valence-corrected chi connectivity index (χ2v) is 5.68. The summed E-state index contributed by atoms with van der Waals surface area (Å²) in [4.78, 5) is 0. The van der Waals surface area contributed by atoms with Crippen LogP contribution in [0.25, 0.3) is 0 Å². The van der Waals surface area contributed by atoms with E-state index in [9.17, 15) is 0 Å². The summed E-state index contributed by atoms with van der Waals surface area (Å²) in [5, 5.41) is 3.51. The lowest BCUT2D eigenvalue weighted by atomic mass is 9.64. The number of ether oxygens (including phenoxy) is 2. The Morgan fingerprint density at radius 3 is 2.32 bits per heavy atom. The Morgan fingerprint density at radius 2 is 1.79 bits per heavy atom. The highest BCUT2D eigenvalue weighted by atomic mass is 16.5. The molecule has 0 radical (unpaired) electrons. The van der Waals surface area contributed by atoms with Crippen molar-refractivity contribution in [3.63, 3.8) is 0 Å². The molecule has 1 N–H and O–H groups in total. The summed E-state index contributed by atoms with van der Waals surface area (Å²) in [6.07, 6.45) is 1.36. The van der Waals surface area contributed by atoms with E-state index >= 15 is 0 Å². The van der Waals surface area contributed by atoms with Crippen LogP contribution in [-0.4, -0.2) is 25.3 Å². The molecule has 3 heteroatoms. The molecule has 0 aliphatic heterocycles. The molecule has 0 bridgehead atoms. The second-order valence-electron chi connectivity index (χ2n) is 5.68. The Kier molecular flexibility index (Phi) is 4.35. The summed E-state index contributed by atoms with van der Waals surface area (Å²) < 4.78 is 11.5. The van der Waals surface area contributed by atoms with E-state index in [0.717, 1.165) is 24.5 Å². The monoisotopic (exact) mass is 263 g/mol. The Labute approximate surface area is 116 Å². The average molecular weight is 263 g/mol. The van der Waals surface area contributed by atoms with Gasteiger partial charge in [-0.3, -0.25) is 0 Å². The van der Waals surface area contributed by atoms with Gasteiger partial charge in [-0.1, -0.05) is 20.8 Å². The fourth-order valence-electron chi connectivity index (χ4n) is 2.62. The largest absolute Gasteiger partial charge is 0.494 e. The van der Waals surface area contributed by atoms with Gasteiger partial charge in [0.2, 0.25) is 0 Å². The molecule has 1 aromatic carbocycles. The summed E-state index contributed by atoms with van der Waals surface area (Å²) >= 11 is 0. The van der Waals surface area contributed by atoms with Crippen LogP contribution >= 0.6 is 0 Å². The zero-order valence-corrected chi connectivity index (χ0v) is 12.4. The number of benzene rings is 1. The molecule has 0 heterocycles. The van der Waals surface area contributed by atoms with Crippen LogP contribution in [0.4, 0.5) is 0 Å². The molecule has 19 heavy (non-hydrogen) atoms. The first-order valence-electron chi connectivity index (χ1n) is 7.20. The molecule has 1 aliphatic carbocycles. The van der Waals surface area contributed by atoms with E-state index in [0.29, 0.717) is 12.6 Å². The first-order chi connectivity index (χ1) is 9.07. The Morgan fingerprint density at radius 1 is 1.16 bits per heavy atom. The van der Waals surface area contributed by atoms with Gasteiger partial charge >= 0.3 is 0 Å². The minimum atomic E-state index is 0.189. The maximum absolute atomic E-state index is 6.08. The molecule has 0 saturated heterocycles. The molecule has 106 valence electrons. The fourth-order valence-corrected chi connectivity index (χ4v) is 2.62. The van der Waals surface area contributed by atoms with Crippen molar-refractivity contribution in [2.24, 2.45) is 5.41 Å². The zero-order valence-electron chi connectivity index (χ0n) is 12.4. The Hall–Kier alpha value is -1.22. The molecule has 0 spiro atoms. The molecule has 1 aromatic rings. The van der Waals surface area contributed by atoms with Gasteiger partial charge in [0.05, 0.1) is 6.61 Å². The Balaban J connectivity index is 1.92. The smallest absolute Gasteiger partial charge is 0.120 e. The molecule has 2 unspecified atom stereocenters. The van der Waals surface area contributed by atoms with Gasteiger partial charge in [0.15, 0.2) is 0 Å². The van der Waals surface area contributed by atoms with Gasteiger partial charge in [0.1, 0.15) is 17.6 Å². The number of nitrogens with one attached hydrogen (secondary N) is 1. The van der Waals surface area contributed by atoms with Crippen LogP contribution < -0.4 is 14.8 Å². The van der Waals surface area contributed by atoms with Crippen LogP contribution in [0.2, 0.25) is 0 Å². The van der Waals surface area contributed by atoms with Crippen LogP contribution in [0.1, 0.15) is 34.1 Å². The molecule has 1 saturated carbocycles. The number of rotatable bonds is 6. The van der Waals surface area contributed by atoms with E-state index in [1.165, 1.54) is 0 Å². The summed E-state index contributed by atoms with van der Waals surface area (Å²) in [6, 6.07) is 8.46. The van der Waals surface area contributed by atoms with Gasteiger partial charge in [-0.05, 0) is 37.7 Å². The van der Waals surface area contributed by atoms with Crippen molar-refractivity contribution in [2.45, 2.75) is 46.3 Å². The number of hydrogen-bond donors (Lipinski definition) is 1. The lowest BCUT2D eigenvalue weighted by Gasteiger charge is -2.51. The topological polar surface area (TPSA) is 30.5 Å². The van der Waals surface area contributed by atoms with Crippen molar-refractivity contribution < 1.29 is 9.47 Å². The molecule has 0 aromatic heterocycles. The molecule has 2 rings (SSSR count). The molecule has 2 atom stereocenters. The molecular weight excluding hydrogens is 238 g/mol. The van der Waals surface area contributed by atoms with E-state index in [1.54, 1.807) is 0 Å². The minimum Gasteiger partial charge on any atom is -0.494 e. The van der Waals surface area contributed by atoms with Crippen molar-refractivity contribution in [3.05, 3.63) is 24.3 Å². The normalized spacial score (nSPS) is 24.6. The van der Waals surface area contributed by atoms with E-state index in [-0.39, 0.29) is 11.5 Å². The van der Waals surface area contributed by atoms with Crippen molar-refractivity contribution in [3.8, 4) is 11.5 Å². The van der Waals surface area contributed by atoms with Gasteiger partial charge in [-0.15, -0.1) is 0 Å². The van der Waals surface area contributed by atoms with E-state index in [4.69, 9.17) is 9.47 Å². The van der Waals surface area contributed by atoms with Crippen molar-refractivity contribution >= 4 is 0 Å². The molecule has 0 amide bonds. The van der Waals surface area contributed by atoms with Crippen LogP contribution in [0.5, 0.6) is 11.5 Å². The maximum atomic E-state index is 6.08. The van der Waals surface area contributed by atoms with Gasteiger partial charge in [-0.2, -0.15) is 0 Å². The predicted molar refractivity (Wildman–Crippen MR) is 77.9 cm³/mol. The zero-order chi connectivity index (χ0) is 13.9. The van der Waals surface area contributed by atoms with Crippen molar-refractivity contribution in [2.75, 3.05) is 13.2 Å². The van der Waals surface area contributed by atoms with Crippen LogP contribution in [-0.2, 0) is 0 Å². The fraction of sp³-hybridized carbons (Fsp3) is 0.625. The first-order valence-corrected chi connectivity index (χ1v) is 7.20. The van der Waals surface area contributed by atoms with Crippen LogP contribution in [0.15, 0.2) is 24.3 Å². The standard InChI is InChI=1S/C16H25NO2/c1-5-17-14-11-15(16(14,3)4)19-13-9-7-12(8-10-13)18-6-2/h7-10,14-15,17H,5-6,11H2,1-4H3. The third-order valence-electron chi connectivity index (χ3n) is 4.04. The lowest BCUT2D eigenvalue weighted by molar-refractivity contribution is -0.0541. The highest BCUT2D eigenvalue weighted by molar-refractivity contribution is 5.31. The van der Waals surface area contributed by atoms with E-state index in [2.05, 4.69) is 26.1 Å². The second kappa shape index (κ2) is 5.83. The van der Waals surface area contributed by atoms with Crippen molar-refractivity contribution in [1.82, 2.24) is 5.32 Å². The predicted octanol–water partition coefficient (Wildman–Crippen LogP) is 3.24. The van der Waals surface area contributed by atoms with Gasteiger partial charge in [0.25, 0.3) is 0 Å². The quantitative estimate of drug-likeness (QED) is 0.854. The first kappa shape index (κ1) is 14.2. The van der Waals surface area contributed by atoms with E-state index < -0.39 is 0 Å². The van der Waals surface area contributed by atoms with Crippen LogP contribution in [0, 0.1) is 5.41 Å². The van der Waals surface area contributed by atoms with Gasteiger partial charge in [-0.25, -0.2) is 0 Å². The maximum Gasteiger partial charge on any atom is 0.120 e. The lowest BCUT2D eigenvalue weighted by Crippen LogP contribution is -2.62. The average Bonchev–Trinajstić information content (AvgIpc) is 2.40. The summed E-state index contributed by atoms with van der Waals surface area (Å²) in [5.74, 6) is 1.82. The third kappa shape index (κ3) is 3.03. The van der Waals surface area contributed by atoms with Gasteiger partial charge in [0, 0.05) is 17.9 Å². The third-order valence-corrected chi connectivity index (χ3v) is 4.04. The SMILES string of the molecule is CCNC1CC(Oc2ccc(OCC)cc2)C1(C)C. The summed E-state index contributed by atoms with van der Waals surface area (Å²) in [7, 11) is 0. The highest BCUT2D eigenvalue weighted by Crippen LogP contribution is 2.43. The summed E-state index contributed by atoms with van der Waals surface area (Å²) in [5.41, 5.74) is 0.189. The highest BCUT2D eigenvalue weighted by Gasteiger charge is 2.49.